The summed E-state index contributed by atoms with van der Waals surface area (Å²) in [6.45, 7) is 6.42. The highest BCUT2D eigenvalue weighted by Gasteiger charge is 2.75. The molecule has 8 heteroatoms. The van der Waals surface area contributed by atoms with Crippen molar-refractivity contribution in [3.63, 3.8) is 0 Å². The minimum absolute atomic E-state index is 0.0678. The number of aliphatic hydroxyl groups excluding tert-OH is 1. The molecule has 1 unspecified atom stereocenters. The molecule has 0 aromatic heterocycles. The molecule has 6 atom stereocenters. The van der Waals surface area contributed by atoms with Gasteiger partial charge in [0.2, 0.25) is 17.7 Å². The maximum Gasteiger partial charge on any atom is 0.249 e. The molecule has 2 saturated heterocycles. The van der Waals surface area contributed by atoms with Crippen molar-refractivity contribution in [3.05, 3.63) is 24.3 Å². The van der Waals surface area contributed by atoms with E-state index in [9.17, 15) is 19.5 Å². The molecule has 1 spiro atoms. The van der Waals surface area contributed by atoms with Crippen LogP contribution in [0.1, 0.15) is 52.9 Å². The lowest BCUT2D eigenvalue weighted by atomic mass is 9.74. The Morgan fingerprint density at radius 3 is 2.34 bits per heavy atom. The van der Waals surface area contributed by atoms with E-state index in [1.54, 1.807) is 16.8 Å². The number of hydrogen-bond acceptors (Lipinski definition) is 5. The second kappa shape index (κ2) is 8.73. The summed E-state index contributed by atoms with van der Waals surface area (Å²) in [5.74, 6) is -2.17. The van der Waals surface area contributed by atoms with Crippen molar-refractivity contribution in [2.45, 2.75) is 82.2 Å². The van der Waals surface area contributed by atoms with Crippen LogP contribution in [0.25, 0.3) is 0 Å². The molecule has 5 aliphatic rings. The lowest BCUT2D eigenvalue weighted by Crippen LogP contribution is -2.60. The van der Waals surface area contributed by atoms with Gasteiger partial charge in [-0.3, -0.25) is 14.4 Å². The summed E-state index contributed by atoms with van der Waals surface area (Å²) in [4.78, 5) is 47.5. The van der Waals surface area contributed by atoms with E-state index in [2.05, 4.69) is 0 Å². The molecule has 5 rings (SSSR count). The zero-order valence-corrected chi connectivity index (χ0v) is 21.4. The Balaban J connectivity index is 1.66. The molecular weight excluding hydrogens is 446 g/mol. The van der Waals surface area contributed by atoms with Gasteiger partial charge >= 0.3 is 0 Å². The summed E-state index contributed by atoms with van der Waals surface area (Å²) in [5.41, 5.74) is -2.25. The predicted octanol–water partition coefficient (Wildman–Crippen LogP) is 1.73. The third kappa shape index (κ3) is 3.50. The molecule has 192 valence electrons. The van der Waals surface area contributed by atoms with Crippen LogP contribution in [0, 0.1) is 17.8 Å². The van der Waals surface area contributed by atoms with Crippen molar-refractivity contribution in [3.8, 4) is 0 Å². The van der Waals surface area contributed by atoms with Gasteiger partial charge in [0, 0.05) is 26.2 Å². The molecule has 0 aromatic carbocycles. The Bertz CT molecular complexity index is 956. The predicted molar refractivity (Wildman–Crippen MR) is 130 cm³/mol. The standard InChI is InChI=1S/C27H39N3O5/c1-17(2)19(16-31)30-22-25(34)29(18-10-6-5-7-11-18)15-9-13-27(22)21(24(30)33)20-23(32)28(4)14-8-12-26(20,3)35-27/h8-9,12-13,17-22,31H,5-7,10-11,14-16H2,1-4H3/t19-,20-,21-,22?,26+,27-/m0/s1. The summed E-state index contributed by atoms with van der Waals surface area (Å²) in [6, 6.07) is -1.31. The van der Waals surface area contributed by atoms with E-state index in [0.29, 0.717) is 13.1 Å². The van der Waals surface area contributed by atoms with E-state index in [-0.39, 0.29) is 36.3 Å². The number of amides is 3. The molecule has 35 heavy (non-hydrogen) atoms. The second-order valence-electron chi connectivity index (χ2n) is 11.5. The smallest absolute Gasteiger partial charge is 0.249 e. The monoisotopic (exact) mass is 485 g/mol. The first-order valence-electron chi connectivity index (χ1n) is 13.2. The van der Waals surface area contributed by atoms with Crippen molar-refractivity contribution in [1.82, 2.24) is 14.7 Å². The first-order chi connectivity index (χ1) is 16.7. The lowest BCUT2D eigenvalue weighted by molar-refractivity contribution is -0.158. The number of likely N-dealkylation sites (N-methyl/N-ethyl adjacent to an activating group) is 1. The van der Waals surface area contributed by atoms with Crippen LogP contribution >= 0.6 is 0 Å². The summed E-state index contributed by atoms with van der Waals surface area (Å²) in [7, 11) is 1.74. The molecule has 3 amide bonds. The fourth-order valence-electron chi connectivity index (χ4n) is 7.30. The van der Waals surface area contributed by atoms with Gasteiger partial charge in [-0.1, -0.05) is 57.4 Å². The molecule has 8 nitrogen and oxygen atoms in total. The molecule has 4 aliphatic heterocycles. The van der Waals surface area contributed by atoms with Crippen molar-refractivity contribution in [1.29, 1.82) is 0 Å². The third-order valence-electron chi connectivity index (χ3n) is 9.06. The zero-order chi connectivity index (χ0) is 25.1. The van der Waals surface area contributed by atoms with Crippen molar-refractivity contribution < 1.29 is 24.2 Å². The number of fused-ring (bicyclic) bond motifs is 2. The molecule has 3 fully saturated rings. The number of ether oxygens (including phenoxy) is 1. The van der Waals surface area contributed by atoms with Crippen LogP contribution in [0.5, 0.6) is 0 Å². The van der Waals surface area contributed by atoms with Gasteiger partial charge in [-0.05, 0) is 25.7 Å². The fraction of sp³-hybridized carbons (Fsp3) is 0.741. The van der Waals surface area contributed by atoms with Gasteiger partial charge in [0.1, 0.15) is 11.6 Å². The highest BCUT2D eigenvalue weighted by Crippen LogP contribution is 2.58. The van der Waals surface area contributed by atoms with E-state index in [0.717, 1.165) is 25.7 Å². The van der Waals surface area contributed by atoms with Gasteiger partial charge < -0.3 is 24.5 Å². The number of carbonyl (C=O) groups is 3. The van der Waals surface area contributed by atoms with Gasteiger partial charge in [0.05, 0.1) is 30.1 Å². The van der Waals surface area contributed by atoms with Crippen molar-refractivity contribution >= 4 is 17.7 Å². The van der Waals surface area contributed by atoms with E-state index >= 15 is 0 Å². The molecular formula is C27H39N3O5. The minimum Gasteiger partial charge on any atom is -0.394 e. The van der Waals surface area contributed by atoms with Crippen LogP contribution < -0.4 is 0 Å². The SMILES string of the molecule is CC(C)[C@H](CO)N1C(=O)[C@@H]2[C@H]3C(=O)N(C)CC=C[C@@]3(C)O[C@@]23C=CCN(C2CCCCC2)C(=O)C13. The second-order valence-corrected chi connectivity index (χ2v) is 11.5. The molecule has 1 saturated carbocycles. The van der Waals surface area contributed by atoms with Gasteiger partial charge in [-0.2, -0.15) is 0 Å². The van der Waals surface area contributed by atoms with Crippen LogP contribution in [0.15, 0.2) is 24.3 Å². The highest BCUT2D eigenvalue weighted by atomic mass is 16.5. The summed E-state index contributed by atoms with van der Waals surface area (Å²) < 4.78 is 6.82. The number of hydrogen-bond donors (Lipinski definition) is 1. The Kier molecular flexibility index (Phi) is 6.11. The maximum absolute atomic E-state index is 14.4. The number of aliphatic hydroxyl groups is 1. The van der Waals surface area contributed by atoms with E-state index in [4.69, 9.17) is 4.74 Å². The van der Waals surface area contributed by atoms with E-state index in [1.165, 1.54) is 6.42 Å². The Morgan fingerprint density at radius 2 is 1.69 bits per heavy atom. The summed E-state index contributed by atoms with van der Waals surface area (Å²) >= 11 is 0. The number of carbonyl (C=O) groups excluding carboxylic acids is 3. The molecule has 0 bridgehead atoms. The van der Waals surface area contributed by atoms with E-state index < -0.39 is 35.1 Å². The van der Waals surface area contributed by atoms with Crippen LogP contribution in [-0.4, -0.2) is 93.6 Å². The third-order valence-corrected chi connectivity index (χ3v) is 9.06. The van der Waals surface area contributed by atoms with E-state index in [1.807, 2.05) is 50.0 Å². The molecule has 1 aliphatic carbocycles. The Labute approximate surface area is 207 Å². The average molecular weight is 486 g/mol. The minimum atomic E-state index is -1.25. The number of rotatable bonds is 4. The van der Waals surface area contributed by atoms with Crippen LogP contribution in [0.2, 0.25) is 0 Å². The van der Waals surface area contributed by atoms with Crippen LogP contribution in [-0.2, 0) is 19.1 Å². The van der Waals surface area contributed by atoms with Crippen molar-refractivity contribution in [2.24, 2.45) is 17.8 Å². The lowest BCUT2D eigenvalue weighted by Gasteiger charge is -2.43. The summed E-state index contributed by atoms with van der Waals surface area (Å²) in [6.07, 6.45) is 12.9. The first kappa shape index (κ1) is 24.5. The quantitative estimate of drug-likeness (QED) is 0.613. The Morgan fingerprint density at radius 1 is 1.00 bits per heavy atom. The highest BCUT2D eigenvalue weighted by molar-refractivity contribution is 6.00. The largest absolute Gasteiger partial charge is 0.394 e. The Hall–Kier alpha value is -2.19. The first-order valence-corrected chi connectivity index (χ1v) is 13.2. The molecule has 0 aromatic rings. The van der Waals surface area contributed by atoms with Gasteiger partial charge in [0.25, 0.3) is 0 Å². The number of nitrogens with zero attached hydrogens (tertiary/aromatic N) is 3. The molecule has 1 N–H and O–H groups in total. The van der Waals surface area contributed by atoms with Crippen LogP contribution in [0.3, 0.4) is 0 Å². The average Bonchev–Trinajstić information content (AvgIpc) is 3.10. The summed E-state index contributed by atoms with van der Waals surface area (Å²) in [5, 5.41) is 10.4. The molecule has 0 radical (unpaired) electrons. The topological polar surface area (TPSA) is 90.4 Å². The maximum atomic E-state index is 14.4. The molecule has 4 heterocycles. The zero-order valence-electron chi connectivity index (χ0n) is 21.4. The number of likely N-dealkylation sites (tertiary alicyclic amines) is 1. The normalized spacial score (nSPS) is 38.5. The van der Waals surface area contributed by atoms with Crippen molar-refractivity contribution in [2.75, 3.05) is 26.7 Å². The fourth-order valence-corrected chi connectivity index (χ4v) is 7.30. The van der Waals surface area contributed by atoms with Gasteiger partial charge in [-0.25, -0.2) is 0 Å². The van der Waals surface area contributed by atoms with Gasteiger partial charge in [0.15, 0.2) is 0 Å². The van der Waals surface area contributed by atoms with Gasteiger partial charge in [-0.15, -0.1) is 0 Å². The van der Waals surface area contributed by atoms with Crippen LogP contribution in [0.4, 0.5) is 0 Å².